The van der Waals surface area contributed by atoms with Gasteiger partial charge >= 0.3 is 0 Å². The molecule has 168 valence electrons. The van der Waals surface area contributed by atoms with Crippen LogP contribution in [0.2, 0.25) is 0 Å². The number of carbonyl (C=O) groups excluding carboxylic acids is 1. The molecular formula is C25H32N6O. The third-order valence-electron chi connectivity index (χ3n) is 6.91. The van der Waals surface area contributed by atoms with Gasteiger partial charge in [0.15, 0.2) is 5.65 Å². The lowest BCUT2D eigenvalue weighted by atomic mass is 10.1. The molecule has 1 saturated heterocycles. The van der Waals surface area contributed by atoms with Gasteiger partial charge in [-0.15, -0.1) is 0 Å². The summed E-state index contributed by atoms with van der Waals surface area (Å²) in [5.41, 5.74) is 6.49. The van der Waals surface area contributed by atoms with E-state index in [-0.39, 0.29) is 5.91 Å². The first kappa shape index (κ1) is 21.1. The molecule has 3 aromatic heterocycles. The molecule has 2 fully saturated rings. The average Bonchev–Trinajstić information content (AvgIpc) is 3.35. The third-order valence-corrected chi connectivity index (χ3v) is 6.91. The van der Waals surface area contributed by atoms with Gasteiger partial charge in [0.25, 0.3) is 0 Å². The van der Waals surface area contributed by atoms with Gasteiger partial charge in [-0.2, -0.15) is 5.10 Å². The smallest absolute Gasteiger partial charge is 0.220 e. The number of nitrogens with one attached hydrogen (secondary N) is 1. The minimum Gasteiger partial charge on any atom is -0.356 e. The van der Waals surface area contributed by atoms with Crippen molar-refractivity contribution in [1.29, 1.82) is 0 Å². The highest BCUT2D eigenvalue weighted by Crippen LogP contribution is 2.33. The lowest BCUT2D eigenvalue weighted by Gasteiger charge is -2.22. The molecule has 0 spiro atoms. The zero-order valence-electron chi connectivity index (χ0n) is 19.0. The average molecular weight is 433 g/mol. The first-order chi connectivity index (χ1) is 15.6. The normalized spacial score (nSPS) is 19.0. The molecule has 5 rings (SSSR count). The molecule has 4 heterocycles. The van der Waals surface area contributed by atoms with Crippen molar-refractivity contribution in [2.75, 3.05) is 13.1 Å². The Hall–Kier alpha value is -2.80. The Labute approximate surface area is 189 Å². The van der Waals surface area contributed by atoms with Crippen LogP contribution in [0.15, 0.2) is 30.6 Å². The van der Waals surface area contributed by atoms with Crippen molar-refractivity contribution in [2.24, 2.45) is 5.92 Å². The van der Waals surface area contributed by atoms with Crippen LogP contribution in [0.4, 0.5) is 0 Å². The van der Waals surface area contributed by atoms with Crippen LogP contribution in [0, 0.1) is 19.8 Å². The Bertz CT molecular complexity index is 1100. The fourth-order valence-corrected chi connectivity index (χ4v) is 4.85. The molecule has 7 heteroatoms. The van der Waals surface area contributed by atoms with Gasteiger partial charge < -0.3 is 5.32 Å². The van der Waals surface area contributed by atoms with Crippen LogP contribution < -0.4 is 5.32 Å². The van der Waals surface area contributed by atoms with E-state index in [0.717, 1.165) is 54.3 Å². The number of aryl methyl sites for hydroxylation is 2. The van der Waals surface area contributed by atoms with Crippen LogP contribution in [0.25, 0.3) is 5.65 Å². The van der Waals surface area contributed by atoms with Gasteiger partial charge in [0.1, 0.15) is 0 Å². The van der Waals surface area contributed by atoms with Crippen molar-refractivity contribution in [3.63, 3.8) is 0 Å². The van der Waals surface area contributed by atoms with Gasteiger partial charge in [-0.1, -0.05) is 0 Å². The van der Waals surface area contributed by atoms with Crippen molar-refractivity contribution >= 4 is 11.6 Å². The summed E-state index contributed by atoms with van der Waals surface area (Å²) < 4.78 is 1.97. The number of amides is 1. The number of hydrogen-bond acceptors (Lipinski definition) is 5. The Morgan fingerprint density at radius 1 is 1.19 bits per heavy atom. The minimum atomic E-state index is 0.134. The summed E-state index contributed by atoms with van der Waals surface area (Å²) in [6, 6.07) is 6.62. The maximum Gasteiger partial charge on any atom is 0.220 e. The van der Waals surface area contributed by atoms with Crippen molar-refractivity contribution in [3.8, 4) is 0 Å². The summed E-state index contributed by atoms with van der Waals surface area (Å²) in [5.74, 6) is 0.839. The lowest BCUT2D eigenvalue weighted by Crippen LogP contribution is -2.26. The van der Waals surface area contributed by atoms with Gasteiger partial charge in [0.05, 0.1) is 11.7 Å². The lowest BCUT2D eigenvalue weighted by molar-refractivity contribution is -0.121. The number of likely N-dealkylation sites (tertiary alicyclic amines) is 1. The van der Waals surface area contributed by atoms with E-state index in [9.17, 15) is 4.79 Å². The van der Waals surface area contributed by atoms with E-state index in [4.69, 9.17) is 10.1 Å². The molecule has 32 heavy (non-hydrogen) atoms. The van der Waals surface area contributed by atoms with E-state index in [2.05, 4.69) is 40.3 Å². The second-order valence-electron chi connectivity index (χ2n) is 9.33. The Balaban J connectivity index is 1.33. The van der Waals surface area contributed by atoms with Crippen LogP contribution in [-0.4, -0.2) is 43.5 Å². The maximum atomic E-state index is 12.2. The van der Waals surface area contributed by atoms with Crippen LogP contribution in [0.3, 0.4) is 0 Å². The summed E-state index contributed by atoms with van der Waals surface area (Å²) in [5, 5.41) is 8.05. The largest absolute Gasteiger partial charge is 0.356 e. The van der Waals surface area contributed by atoms with Crippen LogP contribution in [0.5, 0.6) is 0 Å². The Kier molecular flexibility index (Phi) is 5.91. The van der Waals surface area contributed by atoms with E-state index in [1.54, 1.807) is 0 Å². The van der Waals surface area contributed by atoms with Gasteiger partial charge in [-0.05, 0) is 81.7 Å². The van der Waals surface area contributed by atoms with Crippen LogP contribution in [-0.2, 0) is 17.8 Å². The number of hydrogen-bond donors (Lipinski definition) is 1. The number of carbonyl (C=O) groups is 1. The zero-order valence-corrected chi connectivity index (χ0v) is 19.0. The van der Waals surface area contributed by atoms with E-state index >= 15 is 0 Å². The highest BCUT2D eigenvalue weighted by atomic mass is 16.1. The number of rotatable bonds is 8. The number of fused-ring (bicyclic) bond motifs is 1. The highest BCUT2D eigenvalue weighted by Gasteiger charge is 2.29. The zero-order chi connectivity index (χ0) is 22.1. The fourth-order valence-electron chi connectivity index (χ4n) is 4.85. The molecule has 1 aliphatic carbocycles. The van der Waals surface area contributed by atoms with Gasteiger partial charge in [-0.3, -0.25) is 14.7 Å². The summed E-state index contributed by atoms with van der Waals surface area (Å²) in [6.07, 6.45) is 9.70. The fraction of sp³-hybridized carbons (Fsp3) is 0.520. The summed E-state index contributed by atoms with van der Waals surface area (Å²) >= 11 is 0. The SMILES string of the molecule is Cc1nc2cc([C@H]3CCCN3Cc3ccncc3)nn2c(C)c1CCC(=O)NCC1CC1. The van der Waals surface area contributed by atoms with Crippen LogP contribution >= 0.6 is 0 Å². The highest BCUT2D eigenvalue weighted by molar-refractivity contribution is 5.76. The van der Waals surface area contributed by atoms with Gasteiger partial charge in [0, 0.05) is 49.4 Å². The minimum absolute atomic E-state index is 0.134. The maximum absolute atomic E-state index is 12.2. The predicted octanol–water partition coefficient (Wildman–Crippen LogP) is 3.54. The standard InChI is InChI=1S/C25H32N6O/c1-17-21(7-8-25(32)27-15-19-5-6-19)18(2)31-24(28-17)14-22(29-31)23-4-3-13-30(23)16-20-9-11-26-12-10-20/h9-12,14,19,23H,3-8,13,15-16H2,1-2H3,(H,27,32)/t23-/m1/s1. The first-order valence-electron chi connectivity index (χ1n) is 11.8. The molecule has 0 unspecified atom stereocenters. The monoisotopic (exact) mass is 432 g/mol. The van der Waals surface area contributed by atoms with E-state index in [1.807, 2.05) is 23.8 Å². The Morgan fingerprint density at radius 2 is 2.00 bits per heavy atom. The molecule has 1 saturated carbocycles. The van der Waals surface area contributed by atoms with Crippen LogP contribution in [0.1, 0.15) is 66.4 Å². The molecule has 1 atom stereocenters. The second kappa shape index (κ2) is 8.98. The molecule has 1 amide bonds. The molecule has 3 aromatic rings. The molecule has 7 nitrogen and oxygen atoms in total. The van der Waals surface area contributed by atoms with Crippen molar-refractivity contribution in [3.05, 3.63) is 58.8 Å². The third kappa shape index (κ3) is 4.53. The molecular weight excluding hydrogens is 400 g/mol. The number of pyridine rings is 1. The molecule has 2 aliphatic rings. The number of aromatic nitrogens is 4. The van der Waals surface area contributed by atoms with E-state index in [0.29, 0.717) is 24.8 Å². The van der Waals surface area contributed by atoms with E-state index in [1.165, 1.54) is 24.8 Å². The Morgan fingerprint density at radius 3 is 2.78 bits per heavy atom. The molecule has 1 aliphatic heterocycles. The quantitative estimate of drug-likeness (QED) is 0.589. The topological polar surface area (TPSA) is 75.4 Å². The summed E-state index contributed by atoms with van der Waals surface area (Å²) in [6.45, 7) is 6.96. The molecule has 0 bridgehead atoms. The van der Waals surface area contributed by atoms with E-state index < -0.39 is 0 Å². The molecule has 1 N–H and O–H groups in total. The van der Waals surface area contributed by atoms with Crippen molar-refractivity contribution in [2.45, 2.75) is 65.0 Å². The molecule has 0 radical (unpaired) electrons. The first-order valence-corrected chi connectivity index (χ1v) is 11.8. The van der Waals surface area contributed by atoms with Gasteiger partial charge in [-0.25, -0.2) is 9.50 Å². The summed E-state index contributed by atoms with van der Waals surface area (Å²) in [4.78, 5) is 23.7. The second-order valence-corrected chi connectivity index (χ2v) is 9.33. The van der Waals surface area contributed by atoms with Gasteiger partial charge in [0.2, 0.25) is 5.91 Å². The molecule has 0 aromatic carbocycles. The van der Waals surface area contributed by atoms with Crippen molar-refractivity contribution in [1.82, 2.24) is 29.8 Å². The number of nitrogens with zero attached hydrogens (tertiary/aromatic N) is 5. The summed E-state index contributed by atoms with van der Waals surface area (Å²) in [7, 11) is 0. The predicted molar refractivity (Wildman–Crippen MR) is 123 cm³/mol. The van der Waals surface area contributed by atoms with Crippen molar-refractivity contribution < 1.29 is 4.79 Å².